The predicted octanol–water partition coefficient (Wildman–Crippen LogP) is 5.65. The van der Waals surface area contributed by atoms with Crippen molar-refractivity contribution in [3.63, 3.8) is 0 Å². The molecule has 8 rings (SSSR count). The predicted molar refractivity (Wildman–Crippen MR) is 186 cm³/mol. The summed E-state index contributed by atoms with van der Waals surface area (Å²) < 4.78 is 63.0. The second kappa shape index (κ2) is 12.9. The third kappa shape index (κ3) is 6.29. The minimum atomic E-state index is -4.16. The largest absolute Gasteiger partial charge is 0.508 e. The van der Waals surface area contributed by atoms with Gasteiger partial charge >= 0.3 is 6.18 Å². The van der Waals surface area contributed by atoms with Crippen LogP contribution in [0.15, 0.2) is 43.2 Å². The van der Waals surface area contributed by atoms with E-state index in [9.17, 15) is 27.5 Å². The highest BCUT2D eigenvalue weighted by molar-refractivity contribution is 5.93. The lowest BCUT2D eigenvalue weighted by Crippen LogP contribution is -2.55. The van der Waals surface area contributed by atoms with Crippen LogP contribution in [0.5, 0.6) is 11.6 Å². The van der Waals surface area contributed by atoms with Crippen LogP contribution in [0, 0.1) is 29.5 Å². The molecule has 0 spiro atoms. The summed E-state index contributed by atoms with van der Waals surface area (Å²) in [7, 11) is 0. The Bertz CT molecular complexity index is 2080. The molecule has 4 aliphatic rings. The van der Waals surface area contributed by atoms with Gasteiger partial charge in [-0.05, 0) is 86.8 Å². The first-order chi connectivity index (χ1) is 24.9. The summed E-state index contributed by atoms with van der Waals surface area (Å²) in [5.41, 5.74) is 1.35. The summed E-state index contributed by atoms with van der Waals surface area (Å²) in [6.07, 6.45) is 8.22. The van der Waals surface area contributed by atoms with Gasteiger partial charge in [-0.3, -0.25) is 4.79 Å². The van der Waals surface area contributed by atoms with Crippen LogP contribution >= 0.6 is 0 Å². The first-order valence-corrected chi connectivity index (χ1v) is 17.7. The Morgan fingerprint density at radius 1 is 1.12 bits per heavy atom. The Morgan fingerprint density at radius 3 is 2.50 bits per heavy atom. The molecule has 14 heteroatoms. The number of hydrogen-bond donors (Lipinski definition) is 1. The van der Waals surface area contributed by atoms with Gasteiger partial charge in [-0.2, -0.15) is 23.1 Å². The zero-order chi connectivity index (χ0) is 36.4. The van der Waals surface area contributed by atoms with Crippen LogP contribution in [-0.2, 0) is 11.3 Å². The highest BCUT2D eigenvalue weighted by Crippen LogP contribution is 2.48. The number of fused-ring (bicyclic) bond motifs is 4. The van der Waals surface area contributed by atoms with Crippen LogP contribution in [-0.4, -0.2) is 97.9 Å². The van der Waals surface area contributed by atoms with Crippen molar-refractivity contribution >= 4 is 33.8 Å². The standard InChI is InChI=1S/C38H39F4N7O3/c1-3-29-30(39)8-5-23-15-28(50)16-24(32(23)29)17-48-22-43-33-34(48)44-36(47-18-26-6-7-27(19-47)49(26)31(51)4-2)45-35(33)52-21-37(11-12-37)20-46-13-9-25(10-14-46)38(40,41)42/h1,4-5,8,15-16,22,25-27,50H,2,6-7,9-14,17-21H2. The normalized spacial score (nSPS) is 21.8. The SMILES string of the molecule is C#Cc1c(F)ccc2cc(O)cc(Cn3cnc4c(OCC5(CN6CCC(C(F)(F)F)CC6)CC5)nc(N5CC6CCC(C5)N6C(=O)C=C)nc43)c12. The number of imidazole rings is 1. The van der Waals surface area contributed by atoms with Crippen LogP contribution in [0.1, 0.15) is 49.7 Å². The third-order valence-corrected chi connectivity index (χ3v) is 11.3. The Hall–Kier alpha value is -4.90. The van der Waals surface area contributed by atoms with E-state index in [1.165, 1.54) is 18.2 Å². The third-order valence-electron chi connectivity index (χ3n) is 11.3. The van der Waals surface area contributed by atoms with Crippen molar-refractivity contribution in [1.82, 2.24) is 29.3 Å². The number of nitrogens with zero attached hydrogens (tertiary/aromatic N) is 7. The van der Waals surface area contributed by atoms with E-state index in [0.29, 0.717) is 72.8 Å². The average molecular weight is 718 g/mol. The van der Waals surface area contributed by atoms with Gasteiger partial charge in [0.25, 0.3) is 0 Å². The topological polar surface area (TPSA) is 99.9 Å². The number of piperazine rings is 1. The van der Waals surface area contributed by atoms with E-state index in [1.54, 1.807) is 23.0 Å². The Balaban J connectivity index is 1.11. The fraction of sp³-hybridized carbons (Fsp3) is 0.474. The number of amides is 1. The van der Waals surface area contributed by atoms with Crippen LogP contribution in [0.25, 0.3) is 21.9 Å². The number of ether oxygens (including phenoxy) is 1. The number of phenolic OH excluding ortho intramolecular Hbond substituents is 1. The fourth-order valence-corrected chi connectivity index (χ4v) is 8.40. The zero-order valence-electron chi connectivity index (χ0n) is 28.6. The maximum atomic E-state index is 14.9. The molecular weight excluding hydrogens is 678 g/mol. The smallest absolute Gasteiger partial charge is 0.391 e. The number of anilines is 1. The number of terminal acetylenes is 1. The van der Waals surface area contributed by atoms with Gasteiger partial charge in [0.05, 0.1) is 43.0 Å². The molecule has 1 aliphatic carbocycles. The molecule has 1 amide bonds. The fourth-order valence-electron chi connectivity index (χ4n) is 8.40. The van der Waals surface area contributed by atoms with E-state index >= 15 is 0 Å². The summed E-state index contributed by atoms with van der Waals surface area (Å²) in [4.78, 5) is 33.3. The van der Waals surface area contributed by atoms with E-state index in [1.807, 2.05) is 4.90 Å². The van der Waals surface area contributed by atoms with Gasteiger partial charge in [-0.15, -0.1) is 6.42 Å². The molecule has 1 N–H and O–H groups in total. The molecule has 2 atom stereocenters. The Kier molecular flexibility index (Phi) is 8.52. The quantitative estimate of drug-likeness (QED) is 0.135. The molecule has 2 aromatic heterocycles. The lowest BCUT2D eigenvalue weighted by molar-refractivity contribution is -0.185. The second-order valence-corrected chi connectivity index (χ2v) is 14.8. The van der Waals surface area contributed by atoms with Crippen molar-refractivity contribution in [3.8, 4) is 24.0 Å². The lowest BCUT2D eigenvalue weighted by Gasteiger charge is -2.40. The first-order valence-electron chi connectivity index (χ1n) is 17.7. The summed E-state index contributed by atoms with van der Waals surface area (Å²) in [6, 6.07) is 5.90. The van der Waals surface area contributed by atoms with Crippen LogP contribution in [0.4, 0.5) is 23.5 Å². The van der Waals surface area contributed by atoms with E-state index < -0.39 is 17.9 Å². The highest BCUT2D eigenvalue weighted by atomic mass is 19.4. The number of aromatic hydroxyl groups is 1. The van der Waals surface area contributed by atoms with Gasteiger partial charge < -0.3 is 29.1 Å². The zero-order valence-corrected chi connectivity index (χ0v) is 28.6. The van der Waals surface area contributed by atoms with Crippen molar-refractivity contribution in [3.05, 3.63) is 60.2 Å². The van der Waals surface area contributed by atoms with E-state index in [-0.39, 0.29) is 60.0 Å². The summed E-state index contributed by atoms with van der Waals surface area (Å²) >= 11 is 0. The van der Waals surface area contributed by atoms with Gasteiger partial charge in [0.15, 0.2) is 11.2 Å². The van der Waals surface area contributed by atoms with E-state index in [2.05, 4.69) is 27.3 Å². The molecular formula is C38H39F4N7O3. The van der Waals surface area contributed by atoms with Gasteiger partial charge in [0.2, 0.25) is 17.7 Å². The summed E-state index contributed by atoms with van der Waals surface area (Å²) in [5, 5.41) is 11.7. The van der Waals surface area contributed by atoms with Gasteiger partial charge in [-0.25, -0.2) is 9.37 Å². The molecule has 3 aliphatic heterocycles. The monoisotopic (exact) mass is 717 g/mol. The number of carbonyl (C=O) groups excluding carboxylic acids is 1. The number of halogens is 4. The number of rotatable bonds is 9. The number of carbonyl (C=O) groups is 1. The molecule has 4 fully saturated rings. The van der Waals surface area contributed by atoms with Gasteiger partial charge in [0.1, 0.15) is 11.6 Å². The van der Waals surface area contributed by atoms with Gasteiger partial charge in [-0.1, -0.05) is 18.6 Å². The molecule has 52 heavy (non-hydrogen) atoms. The van der Waals surface area contributed by atoms with Crippen LogP contribution in [0.3, 0.4) is 0 Å². The molecule has 1 saturated carbocycles. The summed E-state index contributed by atoms with van der Waals surface area (Å²) in [6.45, 7) is 6.64. The Morgan fingerprint density at radius 2 is 1.85 bits per heavy atom. The molecule has 272 valence electrons. The number of piperidine rings is 1. The molecule has 2 unspecified atom stereocenters. The number of aromatic nitrogens is 4. The van der Waals surface area contributed by atoms with Crippen molar-refractivity contribution < 1.29 is 32.2 Å². The highest BCUT2D eigenvalue weighted by Gasteiger charge is 2.48. The minimum Gasteiger partial charge on any atom is -0.508 e. The molecule has 0 radical (unpaired) electrons. The molecule has 2 aromatic carbocycles. The molecule has 2 bridgehead atoms. The number of alkyl halides is 3. The number of phenols is 1. The molecule has 4 aromatic rings. The van der Waals surface area contributed by atoms with Crippen molar-refractivity contribution in [2.45, 2.75) is 63.3 Å². The van der Waals surface area contributed by atoms with E-state index in [4.69, 9.17) is 21.1 Å². The van der Waals surface area contributed by atoms with Crippen molar-refractivity contribution in [2.24, 2.45) is 11.3 Å². The Labute approximate surface area is 298 Å². The van der Waals surface area contributed by atoms with Crippen molar-refractivity contribution in [1.29, 1.82) is 0 Å². The lowest BCUT2D eigenvalue weighted by atomic mass is 9.95. The number of likely N-dealkylation sites (tertiary alicyclic amines) is 1. The van der Waals surface area contributed by atoms with Crippen LogP contribution in [0.2, 0.25) is 0 Å². The molecule has 10 nitrogen and oxygen atoms in total. The molecule has 5 heterocycles. The number of benzene rings is 2. The number of hydrogen-bond acceptors (Lipinski definition) is 8. The van der Waals surface area contributed by atoms with E-state index in [0.717, 1.165) is 25.7 Å². The summed E-state index contributed by atoms with van der Waals surface area (Å²) in [5.74, 6) is 1.28. The minimum absolute atomic E-state index is 0.000573. The van der Waals surface area contributed by atoms with Crippen molar-refractivity contribution in [2.75, 3.05) is 44.2 Å². The molecule has 3 saturated heterocycles. The van der Waals surface area contributed by atoms with Crippen LogP contribution < -0.4 is 9.64 Å². The average Bonchev–Trinajstić information content (AvgIpc) is 3.68. The maximum Gasteiger partial charge on any atom is 0.391 e. The first kappa shape index (κ1) is 34.2. The van der Waals surface area contributed by atoms with Gasteiger partial charge in [0, 0.05) is 30.4 Å². The second-order valence-electron chi connectivity index (χ2n) is 14.8. The maximum absolute atomic E-state index is 14.9.